The molecule has 1 aliphatic rings. The van der Waals surface area contributed by atoms with Crippen LogP contribution in [0.25, 0.3) is 0 Å². The number of aliphatic hydroxyl groups is 1. The van der Waals surface area contributed by atoms with Gasteiger partial charge in [-0.05, 0) is 62.9 Å². The van der Waals surface area contributed by atoms with E-state index in [9.17, 15) is 5.11 Å². The molecule has 0 spiro atoms. The Hall–Kier alpha value is -2.09. The molecule has 2 unspecified atom stereocenters. The van der Waals surface area contributed by atoms with E-state index in [0.717, 1.165) is 42.6 Å². The van der Waals surface area contributed by atoms with Crippen LogP contribution >= 0.6 is 11.6 Å². The lowest BCUT2D eigenvalue weighted by Crippen LogP contribution is -2.45. The highest BCUT2D eigenvalue weighted by molar-refractivity contribution is 6.32. The highest BCUT2D eigenvalue weighted by atomic mass is 35.5. The third-order valence-corrected chi connectivity index (χ3v) is 5.74. The first kappa shape index (κ1) is 18.7. The monoisotopic (exact) mass is 369 g/mol. The fraction of sp³-hybridized carbons (Fsp3) is 0.429. The zero-order valence-corrected chi connectivity index (χ0v) is 16.0. The summed E-state index contributed by atoms with van der Waals surface area (Å²) in [6, 6.07) is 9.83. The van der Waals surface area contributed by atoms with Gasteiger partial charge < -0.3 is 10.0 Å². The van der Waals surface area contributed by atoms with E-state index in [0.29, 0.717) is 17.0 Å². The van der Waals surface area contributed by atoms with Crippen LogP contribution in [0.15, 0.2) is 36.7 Å². The van der Waals surface area contributed by atoms with Crippen LogP contribution < -0.4 is 4.90 Å². The molecule has 4 nitrogen and oxygen atoms in total. The Morgan fingerprint density at radius 3 is 2.88 bits per heavy atom. The Kier molecular flexibility index (Phi) is 5.50. The van der Waals surface area contributed by atoms with Crippen LogP contribution in [0.3, 0.4) is 0 Å². The van der Waals surface area contributed by atoms with E-state index in [1.165, 1.54) is 0 Å². The van der Waals surface area contributed by atoms with Gasteiger partial charge in [-0.1, -0.05) is 11.6 Å². The Labute approximate surface area is 160 Å². The molecule has 1 aliphatic carbocycles. The van der Waals surface area contributed by atoms with Crippen molar-refractivity contribution in [3.05, 3.63) is 58.4 Å². The van der Waals surface area contributed by atoms with Gasteiger partial charge in [0.05, 0.1) is 16.2 Å². The molecule has 0 saturated heterocycles. The zero-order valence-electron chi connectivity index (χ0n) is 15.2. The standard InChI is InChI=1S/C21H24ClN3O/c1-3-25(17-7-6-16(13-23)20(22)11-17)18-5-4-9-21(26,12-18)19-14-24-10-8-15(19)2/h6-8,10-11,14,18,26H,3-5,9,12H2,1-2H3. The normalized spacial score (nSPS) is 22.7. The number of aryl methyl sites for hydroxylation is 1. The number of aromatic nitrogens is 1. The fourth-order valence-electron chi connectivity index (χ4n) is 4.11. The number of nitrogens with zero attached hydrogens (tertiary/aromatic N) is 3. The van der Waals surface area contributed by atoms with Crippen molar-refractivity contribution in [3.63, 3.8) is 0 Å². The van der Waals surface area contributed by atoms with E-state index in [1.807, 2.05) is 25.1 Å². The van der Waals surface area contributed by atoms with Gasteiger partial charge in [0.1, 0.15) is 6.07 Å². The maximum absolute atomic E-state index is 11.4. The minimum absolute atomic E-state index is 0.211. The largest absolute Gasteiger partial charge is 0.385 e. The second-order valence-electron chi connectivity index (χ2n) is 7.03. The summed E-state index contributed by atoms with van der Waals surface area (Å²) in [6.45, 7) is 4.95. The van der Waals surface area contributed by atoms with Gasteiger partial charge in [-0.25, -0.2) is 0 Å². The first-order valence-electron chi connectivity index (χ1n) is 9.08. The van der Waals surface area contributed by atoms with E-state index < -0.39 is 5.60 Å². The van der Waals surface area contributed by atoms with Crippen LogP contribution in [0.4, 0.5) is 5.69 Å². The molecule has 0 radical (unpaired) electrons. The SMILES string of the molecule is CCN(c1ccc(C#N)c(Cl)c1)C1CCCC(O)(c2cnccc2C)C1. The van der Waals surface area contributed by atoms with E-state index >= 15 is 0 Å². The van der Waals surface area contributed by atoms with E-state index in [-0.39, 0.29) is 6.04 Å². The molecule has 0 bridgehead atoms. The highest BCUT2D eigenvalue weighted by Crippen LogP contribution is 2.41. The lowest BCUT2D eigenvalue weighted by molar-refractivity contribution is -0.00904. The fourth-order valence-corrected chi connectivity index (χ4v) is 4.33. The minimum Gasteiger partial charge on any atom is -0.385 e. The van der Waals surface area contributed by atoms with Crippen molar-refractivity contribution in [2.75, 3.05) is 11.4 Å². The van der Waals surface area contributed by atoms with Crippen LogP contribution in [0.5, 0.6) is 0 Å². The van der Waals surface area contributed by atoms with Gasteiger partial charge in [0.25, 0.3) is 0 Å². The summed E-state index contributed by atoms with van der Waals surface area (Å²) in [6.07, 6.45) is 6.95. The number of anilines is 1. The molecule has 1 N–H and O–H groups in total. The molecule has 26 heavy (non-hydrogen) atoms. The van der Waals surface area contributed by atoms with E-state index in [4.69, 9.17) is 16.9 Å². The zero-order chi connectivity index (χ0) is 18.7. The lowest BCUT2D eigenvalue weighted by Gasteiger charge is -2.43. The summed E-state index contributed by atoms with van der Waals surface area (Å²) < 4.78 is 0. The molecule has 136 valence electrons. The summed E-state index contributed by atoms with van der Waals surface area (Å²) >= 11 is 6.24. The molecular weight excluding hydrogens is 346 g/mol. The van der Waals surface area contributed by atoms with Crippen LogP contribution in [-0.2, 0) is 5.60 Å². The number of hydrogen-bond donors (Lipinski definition) is 1. The van der Waals surface area contributed by atoms with Gasteiger partial charge in [-0.3, -0.25) is 4.98 Å². The molecule has 0 amide bonds. The lowest BCUT2D eigenvalue weighted by atomic mass is 9.76. The summed E-state index contributed by atoms with van der Waals surface area (Å²) in [5, 5.41) is 20.9. The average molecular weight is 370 g/mol. The minimum atomic E-state index is -0.856. The van der Waals surface area contributed by atoms with Crippen LogP contribution in [-0.4, -0.2) is 22.7 Å². The predicted molar refractivity (Wildman–Crippen MR) is 104 cm³/mol. The van der Waals surface area contributed by atoms with Crippen LogP contribution in [0.2, 0.25) is 5.02 Å². The van der Waals surface area contributed by atoms with E-state index in [1.54, 1.807) is 18.5 Å². The molecule has 1 aromatic carbocycles. The van der Waals surface area contributed by atoms with Crippen LogP contribution in [0.1, 0.15) is 49.3 Å². The first-order chi connectivity index (χ1) is 12.5. The molecule has 1 fully saturated rings. The van der Waals surface area contributed by atoms with E-state index in [2.05, 4.69) is 22.9 Å². The van der Waals surface area contributed by atoms with Gasteiger partial charge in [0, 0.05) is 42.7 Å². The van der Waals surface area contributed by atoms with Crippen LogP contribution in [0, 0.1) is 18.3 Å². The third kappa shape index (κ3) is 3.56. The quantitative estimate of drug-likeness (QED) is 0.857. The molecule has 2 aromatic rings. The van der Waals surface area contributed by atoms with Crippen molar-refractivity contribution in [1.29, 1.82) is 5.26 Å². The Morgan fingerprint density at radius 2 is 2.23 bits per heavy atom. The second-order valence-corrected chi connectivity index (χ2v) is 7.44. The van der Waals surface area contributed by atoms with Crippen molar-refractivity contribution < 1.29 is 5.11 Å². The average Bonchev–Trinajstić information content (AvgIpc) is 2.63. The topological polar surface area (TPSA) is 60.2 Å². The molecule has 3 rings (SSSR count). The smallest absolute Gasteiger partial charge is 0.101 e. The first-order valence-corrected chi connectivity index (χ1v) is 9.46. The summed E-state index contributed by atoms with van der Waals surface area (Å²) in [5.74, 6) is 0. The number of benzene rings is 1. The molecular formula is C21H24ClN3O. The Morgan fingerprint density at radius 1 is 1.42 bits per heavy atom. The van der Waals surface area contributed by atoms with Gasteiger partial charge in [0.2, 0.25) is 0 Å². The maximum Gasteiger partial charge on any atom is 0.101 e. The van der Waals surface area contributed by atoms with Crippen molar-refractivity contribution >= 4 is 17.3 Å². The summed E-state index contributed by atoms with van der Waals surface area (Å²) in [5.41, 5.74) is 2.63. The Balaban J connectivity index is 1.89. The molecule has 1 aromatic heterocycles. The van der Waals surface area contributed by atoms with Crippen molar-refractivity contribution in [2.45, 2.75) is 51.2 Å². The molecule has 5 heteroatoms. The summed E-state index contributed by atoms with van der Waals surface area (Å²) in [7, 11) is 0. The second kappa shape index (κ2) is 7.65. The van der Waals surface area contributed by atoms with Crippen molar-refractivity contribution in [2.24, 2.45) is 0 Å². The number of hydrogen-bond acceptors (Lipinski definition) is 4. The van der Waals surface area contributed by atoms with Crippen molar-refractivity contribution in [3.8, 4) is 6.07 Å². The third-order valence-electron chi connectivity index (χ3n) is 5.43. The summed E-state index contributed by atoms with van der Waals surface area (Å²) in [4.78, 5) is 6.50. The predicted octanol–water partition coefficient (Wildman–Crippen LogP) is 4.57. The van der Waals surface area contributed by atoms with Crippen molar-refractivity contribution in [1.82, 2.24) is 4.98 Å². The van der Waals surface area contributed by atoms with Gasteiger partial charge in [-0.15, -0.1) is 0 Å². The van der Waals surface area contributed by atoms with Gasteiger partial charge >= 0.3 is 0 Å². The number of halogens is 1. The number of pyridine rings is 1. The highest BCUT2D eigenvalue weighted by Gasteiger charge is 2.39. The molecule has 0 aliphatic heterocycles. The molecule has 2 atom stereocenters. The number of nitriles is 1. The Bertz CT molecular complexity index is 832. The number of rotatable bonds is 4. The molecule has 1 heterocycles. The molecule has 1 saturated carbocycles. The maximum atomic E-state index is 11.4. The van der Waals surface area contributed by atoms with Gasteiger partial charge in [-0.2, -0.15) is 5.26 Å². The van der Waals surface area contributed by atoms with Gasteiger partial charge in [0.15, 0.2) is 0 Å².